The van der Waals surface area contributed by atoms with Gasteiger partial charge in [0.2, 0.25) is 0 Å². The number of para-hydroxylation sites is 3. The fourth-order valence-electron chi connectivity index (χ4n) is 6.46. The Morgan fingerprint density at radius 1 is 0.630 bits per heavy atom. The first-order valence-electron chi connectivity index (χ1n) is 15.6. The van der Waals surface area contributed by atoms with E-state index >= 15 is 0 Å². The van der Waals surface area contributed by atoms with Crippen LogP contribution in [0.15, 0.2) is 97.1 Å². The van der Waals surface area contributed by atoms with Crippen molar-refractivity contribution in [2.24, 2.45) is 0 Å². The molecule has 0 radical (unpaired) electrons. The Hall–Kier alpha value is -3.87. The van der Waals surface area contributed by atoms with E-state index in [1.54, 1.807) is 0 Å². The third-order valence-electron chi connectivity index (χ3n) is 8.64. The predicted octanol–water partition coefficient (Wildman–Crippen LogP) is 9.47. The molecule has 0 bridgehead atoms. The fourth-order valence-corrected chi connectivity index (χ4v) is 6.46. The molecule has 5 aromatic carbocycles. The molecular formula is C40H43HfN3O2. The number of phenols is 2. The number of nitrogens with zero attached hydrogens (tertiary/aromatic N) is 3. The molecule has 5 nitrogen and oxygen atoms in total. The molecule has 0 aliphatic rings. The molecule has 2 N–H and O–H groups in total. The minimum atomic E-state index is -0.226. The van der Waals surface area contributed by atoms with E-state index in [9.17, 15) is 10.2 Å². The van der Waals surface area contributed by atoms with Crippen LogP contribution >= 0.6 is 0 Å². The number of rotatable bonds is 7. The summed E-state index contributed by atoms with van der Waals surface area (Å²) in [6, 6.07) is 33.2. The quantitative estimate of drug-likeness (QED) is 0.159. The summed E-state index contributed by atoms with van der Waals surface area (Å²) in [5, 5.41) is 26.3. The monoisotopic (exact) mass is 777 g/mol. The van der Waals surface area contributed by atoms with Crippen LogP contribution in [0.3, 0.4) is 0 Å². The first kappa shape index (κ1) is 33.5. The minimum Gasteiger partial charge on any atom is -0.507 e. The van der Waals surface area contributed by atoms with Gasteiger partial charge in [0, 0.05) is 72.1 Å². The van der Waals surface area contributed by atoms with Gasteiger partial charge in [-0.15, -0.1) is 0 Å². The summed E-state index contributed by atoms with van der Waals surface area (Å²) >= 11 is 0. The van der Waals surface area contributed by atoms with Gasteiger partial charge in [-0.3, -0.25) is 0 Å². The van der Waals surface area contributed by atoms with Crippen molar-refractivity contribution in [2.75, 3.05) is 32.1 Å². The predicted molar refractivity (Wildman–Crippen MR) is 190 cm³/mol. The average molecular weight is 776 g/mol. The number of anilines is 2. The van der Waals surface area contributed by atoms with Crippen LogP contribution in [0.5, 0.6) is 11.5 Å². The van der Waals surface area contributed by atoms with E-state index in [1.165, 1.54) is 0 Å². The Balaban J connectivity index is 0.00000417. The molecular weight excluding hydrogens is 733 g/mol. The maximum Gasteiger partial charge on any atom is 0.163 e. The van der Waals surface area contributed by atoms with Crippen LogP contribution in [0.25, 0.3) is 38.6 Å². The largest absolute Gasteiger partial charge is 0.507 e. The zero-order chi connectivity index (χ0) is 32.0. The summed E-state index contributed by atoms with van der Waals surface area (Å²) in [6.07, 6.45) is 0. The molecule has 0 spiro atoms. The van der Waals surface area contributed by atoms with Gasteiger partial charge < -0.3 is 24.6 Å². The topological polar surface area (TPSA) is 51.9 Å². The zero-order valence-corrected chi connectivity index (χ0v) is 31.5. The molecule has 0 aliphatic heterocycles. The van der Waals surface area contributed by atoms with Gasteiger partial charge >= 0.3 is 0 Å². The second-order valence-corrected chi connectivity index (χ2v) is 13.5. The molecule has 0 unspecified atom stereocenters. The van der Waals surface area contributed by atoms with Gasteiger partial charge in [0.15, 0.2) is 5.75 Å². The van der Waals surface area contributed by atoms with Crippen LogP contribution < -0.4 is 4.90 Å². The van der Waals surface area contributed by atoms with Gasteiger partial charge in [-0.25, -0.2) is 0 Å². The van der Waals surface area contributed by atoms with Gasteiger partial charge in [-0.1, -0.05) is 81.4 Å². The Bertz CT molecular complexity index is 1980. The van der Waals surface area contributed by atoms with Crippen molar-refractivity contribution in [2.45, 2.75) is 40.0 Å². The molecule has 0 fully saturated rings. The van der Waals surface area contributed by atoms with Crippen molar-refractivity contribution in [3.8, 4) is 28.3 Å². The van der Waals surface area contributed by atoms with E-state index in [-0.39, 0.29) is 37.0 Å². The average Bonchev–Trinajstić information content (AvgIpc) is 3.33. The first-order valence-corrected chi connectivity index (χ1v) is 15.6. The van der Waals surface area contributed by atoms with Crippen LogP contribution in [0.1, 0.15) is 37.5 Å². The number of hydrogen-bond donors (Lipinski definition) is 2. The number of benzene rings is 5. The molecule has 0 atom stereocenters. The van der Waals surface area contributed by atoms with E-state index < -0.39 is 0 Å². The minimum absolute atomic E-state index is 0. The number of phenolic OH excluding ortho intramolecular Hbond substituents is 2. The maximum absolute atomic E-state index is 12.3. The van der Waals surface area contributed by atoms with Crippen LogP contribution in [0.2, 0.25) is 0 Å². The summed E-state index contributed by atoms with van der Waals surface area (Å²) in [6.45, 7) is 11.9. The third-order valence-corrected chi connectivity index (χ3v) is 8.64. The molecule has 0 amide bonds. The van der Waals surface area contributed by atoms with Crippen LogP contribution in [0, 0.1) is 13.8 Å². The normalized spacial score (nSPS) is 11.7. The molecule has 1 aromatic heterocycles. The summed E-state index contributed by atoms with van der Waals surface area (Å²) in [5.74, 6) is 0.511. The molecule has 6 aromatic rings. The molecule has 0 aliphatic carbocycles. The van der Waals surface area contributed by atoms with Crippen molar-refractivity contribution in [1.29, 1.82) is 0 Å². The molecule has 1 heterocycles. The van der Waals surface area contributed by atoms with E-state index in [0.717, 1.165) is 73.2 Å². The molecule has 6 rings (SSSR count). The van der Waals surface area contributed by atoms with Crippen LogP contribution in [-0.2, 0) is 31.3 Å². The van der Waals surface area contributed by atoms with E-state index in [2.05, 4.69) is 136 Å². The summed E-state index contributed by atoms with van der Waals surface area (Å²) in [7, 11) is 4.12. The smallest absolute Gasteiger partial charge is 0.163 e. The SMILES string of the molecule is Cc1cc(N(CCN(C)C)c2ccccc2-c2cc(C)cc(C(C)(C)C)c2O)c(O)c(-n2c3ccccc3c3ccccc32)c1.[Hf]. The van der Waals surface area contributed by atoms with Gasteiger partial charge in [-0.05, 0) is 80.9 Å². The van der Waals surface area contributed by atoms with Crippen molar-refractivity contribution in [3.63, 3.8) is 0 Å². The Kier molecular flexibility index (Phi) is 9.53. The Morgan fingerprint density at radius 2 is 1.20 bits per heavy atom. The second kappa shape index (κ2) is 13.1. The van der Waals surface area contributed by atoms with Crippen LogP contribution in [-0.4, -0.2) is 46.9 Å². The van der Waals surface area contributed by atoms with Crippen molar-refractivity contribution >= 4 is 33.2 Å². The third kappa shape index (κ3) is 6.13. The Labute approximate surface area is 291 Å². The molecule has 0 saturated heterocycles. The number of hydrogen-bond acceptors (Lipinski definition) is 4. The van der Waals surface area contributed by atoms with Gasteiger partial charge in [0.1, 0.15) is 5.75 Å². The Morgan fingerprint density at radius 3 is 1.80 bits per heavy atom. The van der Waals surface area contributed by atoms with Gasteiger partial charge in [-0.2, -0.15) is 0 Å². The van der Waals surface area contributed by atoms with Crippen molar-refractivity contribution in [1.82, 2.24) is 9.47 Å². The van der Waals surface area contributed by atoms with Crippen LogP contribution in [0.4, 0.5) is 11.4 Å². The number of likely N-dealkylation sites (N-methyl/N-ethyl adjacent to an activating group) is 1. The van der Waals surface area contributed by atoms with Crippen molar-refractivity contribution < 1.29 is 36.1 Å². The second-order valence-electron chi connectivity index (χ2n) is 13.5. The zero-order valence-electron chi connectivity index (χ0n) is 27.9. The summed E-state index contributed by atoms with van der Waals surface area (Å²) in [5.41, 5.74) is 9.02. The number of aromatic nitrogens is 1. The molecule has 6 heteroatoms. The molecule has 234 valence electrons. The summed E-state index contributed by atoms with van der Waals surface area (Å²) in [4.78, 5) is 4.35. The number of fused-ring (bicyclic) bond motifs is 3. The maximum atomic E-state index is 12.3. The van der Waals surface area contributed by atoms with E-state index in [0.29, 0.717) is 12.3 Å². The van der Waals surface area contributed by atoms with E-state index in [1.807, 2.05) is 24.3 Å². The number of aryl methyl sites for hydroxylation is 2. The summed E-state index contributed by atoms with van der Waals surface area (Å²) < 4.78 is 2.18. The first-order chi connectivity index (χ1) is 21.5. The molecule has 0 saturated carbocycles. The standard InChI is InChI=1S/C40H43N3O2.Hf/c1-26-22-31(38(44)32(23-26)40(3,4)5)30-16-8-11-17-33(30)42(21-20-41(6)7)36-24-27(2)25-37(39(36)45)43-34-18-12-9-14-28(34)29-15-10-13-19-35(29)43;/h8-19,22-25,44-45H,20-21H2,1-7H3;. The van der Waals surface area contributed by atoms with Crippen molar-refractivity contribution in [3.05, 3.63) is 114 Å². The number of aromatic hydroxyl groups is 2. The van der Waals surface area contributed by atoms with Gasteiger partial charge in [0.25, 0.3) is 0 Å². The van der Waals surface area contributed by atoms with E-state index in [4.69, 9.17) is 0 Å². The molecule has 46 heavy (non-hydrogen) atoms. The van der Waals surface area contributed by atoms with Gasteiger partial charge in [0.05, 0.1) is 22.4 Å². The fraction of sp³-hybridized carbons (Fsp3) is 0.250.